The number of esters is 1. The largest absolute Gasteiger partial charge is 0.456 e. The number of hydrogen-bond acceptors (Lipinski definition) is 7. The third kappa shape index (κ3) is 10.5. The van der Waals surface area contributed by atoms with Gasteiger partial charge in [0.1, 0.15) is 37.4 Å². The predicted octanol–water partition coefficient (Wildman–Crippen LogP) is 6.66. The molecule has 3 N–H and O–H groups in total. The molecule has 0 atom stereocenters. The van der Waals surface area contributed by atoms with Crippen molar-refractivity contribution in [2.45, 2.75) is 52.7 Å². The molecule has 8 nitrogen and oxygen atoms in total. The zero-order valence-corrected chi connectivity index (χ0v) is 21.4. The third-order valence-corrected chi connectivity index (χ3v) is 3.82. The molecule has 2 aromatic heterocycles. The van der Waals surface area contributed by atoms with Gasteiger partial charge in [-0.05, 0) is 53.7 Å². The summed E-state index contributed by atoms with van der Waals surface area (Å²) in [7, 11) is 0. The maximum atomic E-state index is 12.3. The predicted molar refractivity (Wildman–Crippen MR) is 128 cm³/mol. The highest BCUT2D eigenvalue weighted by Gasteiger charge is 2.26. The first kappa shape index (κ1) is 28.0. The number of rotatable bonds is 2. The number of halogens is 4. The lowest BCUT2D eigenvalue weighted by Crippen LogP contribution is -2.29. The van der Waals surface area contributed by atoms with Gasteiger partial charge in [0, 0.05) is 11.8 Å². The molecule has 32 heavy (non-hydrogen) atoms. The Kier molecular flexibility index (Phi) is 9.84. The normalized spacial score (nSPS) is 11.2. The summed E-state index contributed by atoms with van der Waals surface area (Å²) < 4.78 is 10.4. The van der Waals surface area contributed by atoms with Crippen LogP contribution in [0.2, 0.25) is 20.6 Å². The van der Waals surface area contributed by atoms with Gasteiger partial charge in [-0.25, -0.2) is 19.6 Å². The van der Waals surface area contributed by atoms with Crippen LogP contribution in [0.25, 0.3) is 0 Å². The number of pyridine rings is 2. The lowest BCUT2D eigenvalue weighted by atomic mass is 10.1. The molecule has 0 aliphatic carbocycles. The van der Waals surface area contributed by atoms with E-state index >= 15 is 0 Å². The highest BCUT2D eigenvalue weighted by atomic mass is 35.5. The molecule has 176 valence electrons. The van der Waals surface area contributed by atoms with Crippen LogP contribution in [-0.2, 0) is 9.47 Å². The lowest BCUT2D eigenvalue weighted by molar-refractivity contribution is 0.00706. The Morgan fingerprint density at radius 1 is 0.844 bits per heavy atom. The number of aromatic nitrogens is 2. The quantitative estimate of drug-likeness (QED) is 0.332. The van der Waals surface area contributed by atoms with Gasteiger partial charge in [0.05, 0.1) is 5.69 Å². The van der Waals surface area contributed by atoms with Crippen molar-refractivity contribution >= 4 is 69.8 Å². The van der Waals surface area contributed by atoms with Crippen LogP contribution >= 0.6 is 46.4 Å². The van der Waals surface area contributed by atoms with Crippen LogP contribution in [0, 0.1) is 0 Å². The number of nitrogens with one attached hydrogen (secondary N) is 1. The Bertz CT molecular complexity index is 938. The Morgan fingerprint density at radius 2 is 1.31 bits per heavy atom. The monoisotopic (exact) mass is 524 g/mol. The summed E-state index contributed by atoms with van der Waals surface area (Å²) >= 11 is 22.8. The molecule has 12 heteroatoms. The van der Waals surface area contributed by atoms with E-state index in [4.69, 9.17) is 61.6 Å². The minimum atomic E-state index is -0.749. The molecular formula is C20H24Cl4N4O4. The van der Waals surface area contributed by atoms with Gasteiger partial charge in [-0.15, -0.1) is 0 Å². The fraction of sp³-hybridized carbons (Fsp3) is 0.400. The number of nitrogens with zero attached hydrogens (tertiary/aromatic N) is 2. The summed E-state index contributed by atoms with van der Waals surface area (Å²) in [6, 6.07) is 4.37. The highest BCUT2D eigenvalue weighted by molar-refractivity contribution is 6.35. The zero-order chi connectivity index (χ0) is 24.9. The minimum absolute atomic E-state index is 0.0216. The number of anilines is 2. The van der Waals surface area contributed by atoms with Crippen molar-refractivity contribution in [3.05, 3.63) is 44.4 Å². The van der Waals surface area contributed by atoms with Crippen LogP contribution in [0.1, 0.15) is 51.9 Å². The van der Waals surface area contributed by atoms with E-state index in [-0.39, 0.29) is 21.6 Å². The maximum Gasteiger partial charge on any atom is 0.412 e. The number of amides is 1. The standard InChI is InChI=1S/C15H20Cl2N2O4.C5H4Cl2N2/c1-14(2,3)22-12(20)10-8(7-9(16)19-11(10)17)18-13(21)23-15(4,5)6;6-4-1-3(8)2-5(7)9-4/h7H,1-6H3,(H,18,19,21);1-2H,(H2,8,9). The number of carbonyl (C=O) groups excluding carboxylic acids is 2. The van der Waals surface area contributed by atoms with E-state index in [1.54, 1.807) is 41.5 Å². The van der Waals surface area contributed by atoms with Crippen LogP contribution in [-0.4, -0.2) is 33.2 Å². The summed E-state index contributed by atoms with van der Waals surface area (Å²) in [6.07, 6.45) is -0.749. The second kappa shape index (κ2) is 11.2. The fourth-order valence-electron chi connectivity index (χ4n) is 2.00. The minimum Gasteiger partial charge on any atom is -0.456 e. The molecule has 2 heterocycles. The van der Waals surface area contributed by atoms with Crippen molar-refractivity contribution in [1.29, 1.82) is 0 Å². The van der Waals surface area contributed by atoms with Gasteiger partial charge < -0.3 is 15.2 Å². The van der Waals surface area contributed by atoms with Gasteiger partial charge in [-0.2, -0.15) is 0 Å². The lowest BCUT2D eigenvalue weighted by Gasteiger charge is -2.22. The van der Waals surface area contributed by atoms with E-state index < -0.39 is 23.3 Å². The van der Waals surface area contributed by atoms with Crippen molar-refractivity contribution in [3.63, 3.8) is 0 Å². The number of nitrogen functional groups attached to an aromatic ring is 1. The smallest absolute Gasteiger partial charge is 0.412 e. The summed E-state index contributed by atoms with van der Waals surface area (Å²) in [5.74, 6) is -0.724. The second-order valence-corrected chi connectivity index (χ2v) is 9.85. The van der Waals surface area contributed by atoms with E-state index in [0.717, 1.165) is 0 Å². The number of hydrogen-bond donors (Lipinski definition) is 2. The summed E-state index contributed by atoms with van der Waals surface area (Å²) in [4.78, 5) is 31.7. The van der Waals surface area contributed by atoms with Gasteiger partial charge in [0.15, 0.2) is 0 Å². The Hall–Kier alpha value is -2.00. The van der Waals surface area contributed by atoms with Gasteiger partial charge in [0.2, 0.25) is 0 Å². The van der Waals surface area contributed by atoms with Gasteiger partial charge >= 0.3 is 12.1 Å². The molecule has 1 amide bonds. The van der Waals surface area contributed by atoms with E-state index in [1.165, 1.54) is 18.2 Å². The van der Waals surface area contributed by atoms with Gasteiger partial charge in [0.25, 0.3) is 0 Å². The molecule has 0 saturated heterocycles. The second-order valence-electron chi connectivity index (χ2n) is 8.33. The Balaban J connectivity index is 0.000000471. The first-order valence-electron chi connectivity index (χ1n) is 9.15. The fourth-order valence-corrected chi connectivity index (χ4v) is 2.99. The first-order valence-corrected chi connectivity index (χ1v) is 10.7. The molecule has 0 aromatic carbocycles. The van der Waals surface area contributed by atoms with Crippen molar-refractivity contribution in [1.82, 2.24) is 9.97 Å². The van der Waals surface area contributed by atoms with Crippen LogP contribution in [0.15, 0.2) is 18.2 Å². The molecule has 0 aliphatic heterocycles. The summed E-state index contributed by atoms with van der Waals surface area (Å²) in [6.45, 7) is 10.3. The van der Waals surface area contributed by atoms with Crippen LogP contribution in [0.5, 0.6) is 0 Å². The molecular weight excluding hydrogens is 502 g/mol. The van der Waals surface area contributed by atoms with Crippen LogP contribution in [0.3, 0.4) is 0 Å². The number of carbonyl (C=O) groups is 2. The maximum absolute atomic E-state index is 12.3. The van der Waals surface area contributed by atoms with Crippen molar-refractivity contribution in [2.24, 2.45) is 0 Å². The van der Waals surface area contributed by atoms with Crippen molar-refractivity contribution in [3.8, 4) is 0 Å². The molecule has 0 fully saturated rings. The molecule has 0 aliphatic rings. The van der Waals surface area contributed by atoms with Crippen LogP contribution < -0.4 is 11.1 Å². The number of ether oxygens (including phenoxy) is 2. The third-order valence-electron chi connectivity index (χ3n) is 2.97. The van der Waals surface area contributed by atoms with Gasteiger partial charge in [-0.3, -0.25) is 5.32 Å². The molecule has 2 rings (SSSR count). The SMILES string of the molecule is CC(C)(C)OC(=O)Nc1cc(Cl)nc(Cl)c1C(=O)OC(C)(C)C.Nc1cc(Cl)nc(Cl)c1. The van der Waals surface area contributed by atoms with Crippen molar-refractivity contribution < 1.29 is 19.1 Å². The molecule has 0 bridgehead atoms. The molecule has 0 spiro atoms. The highest BCUT2D eigenvalue weighted by Crippen LogP contribution is 2.29. The van der Waals surface area contributed by atoms with Crippen molar-refractivity contribution in [2.75, 3.05) is 11.1 Å². The molecule has 2 aromatic rings. The van der Waals surface area contributed by atoms with Gasteiger partial charge in [-0.1, -0.05) is 46.4 Å². The van der Waals surface area contributed by atoms with E-state index in [1.807, 2.05) is 0 Å². The summed E-state index contributed by atoms with van der Waals surface area (Å²) in [5, 5.41) is 2.94. The Labute approximate surface area is 206 Å². The summed E-state index contributed by atoms with van der Waals surface area (Å²) in [5.41, 5.74) is 4.43. The average Bonchev–Trinajstić information content (AvgIpc) is 2.49. The van der Waals surface area contributed by atoms with Crippen LogP contribution in [0.4, 0.5) is 16.2 Å². The zero-order valence-electron chi connectivity index (χ0n) is 18.3. The molecule has 0 unspecified atom stereocenters. The first-order chi connectivity index (χ1) is 14.5. The Morgan fingerprint density at radius 3 is 1.75 bits per heavy atom. The van der Waals surface area contributed by atoms with E-state index in [2.05, 4.69) is 15.3 Å². The topological polar surface area (TPSA) is 116 Å². The van der Waals surface area contributed by atoms with E-state index in [0.29, 0.717) is 16.0 Å². The average molecular weight is 526 g/mol. The molecule has 0 saturated carbocycles. The molecule has 0 radical (unpaired) electrons. The number of nitrogens with two attached hydrogens (primary N) is 1. The van der Waals surface area contributed by atoms with E-state index in [9.17, 15) is 9.59 Å².